The van der Waals surface area contributed by atoms with Crippen LogP contribution in [0.25, 0.3) is 0 Å². The van der Waals surface area contributed by atoms with Crippen LogP contribution in [0, 0.1) is 11.8 Å². The molecular formula is C20H39NO3. The molecule has 0 amide bonds. The molecule has 2 aliphatic rings. The zero-order valence-corrected chi connectivity index (χ0v) is 16.3. The van der Waals surface area contributed by atoms with Crippen molar-refractivity contribution in [2.75, 3.05) is 19.8 Å². The molecule has 0 saturated carbocycles. The summed E-state index contributed by atoms with van der Waals surface area (Å²) >= 11 is 0. The molecule has 0 aromatic carbocycles. The highest BCUT2D eigenvalue weighted by Crippen LogP contribution is 2.44. The number of fused-ring (bicyclic) bond motifs is 1. The van der Waals surface area contributed by atoms with E-state index in [0.29, 0.717) is 25.0 Å². The van der Waals surface area contributed by atoms with Crippen molar-refractivity contribution < 1.29 is 14.6 Å². The van der Waals surface area contributed by atoms with Crippen LogP contribution in [0.15, 0.2) is 0 Å². The second-order valence-corrected chi connectivity index (χ2v) is 7.81. The first kappa shape index (κ1) is 20.2. The largest absolute Gasteiger partial charge is 0.394 e. The topological polar surface area (TPSA) is 41.9 Å². The summed E-state index contributed by atoms with van der Waals surface area (Å²) in [6, 6.07) is 0. The molecule has 0 aromatic rings. The van der Waals surface area contributed by atoms with E-state index < -0.39 is 0 Å². The smallest absolute Gasteiger partial charge is 0.116 e. The monoisotopic (exact) mass is 341 g/mol. The Hall–Kier alpha value is -0.160. The molecule has 4 atom stereocenters. The van der Waals surface area contributed by atoms with Gasteiger partial charge in [-0.1, -0.05) is 53.4 Å². The highest BCUT2D eigenvalue weighted by Gasteiger charge is 2.58. The van der Waals surface area contributed by atoms with E-state index >= 15 is 0 Å². The van der Waals surface area contributed by atoms with E-state index in [0.717, 1.165) is 12.8 Å². The van der Waals surface area contributed by atoms with E-state index in [1.54, 1.807) is 0 Å². The van der Waals surface area contributed by atoms with Gasteiger partial charge in [0.25, 0.3) is 0 Å². The minimum atomic E-state index is -0.311. The van der Waals surface area contributed by atoms with Gasteiger partial charge < -0.3 is 14.6 Å². The number of aliphatic hydroxyl groups excluding tert-OH is 1. The second kappa shape index (κ2) is 9.51. The zero-order valence-electron chi connectivity index (χ0n) is 16.3. The standard InChI is InChI=1S/C20H39NO3/c1-5-9-11-16(7-3)18-21-19(17(8-4)12-10-6-2)24-15-20(21,13-22)14-23-18/h16-19,22H,5-15H2,1-4H3. The first-order valence-corrected chi connectivity index (χ1v) is 10.3. The Balaban J connectivity index is 2.18. The van der Waals surface area contributed by atoms with Gasteiger partial charge in [0.2, 0.25) is 0 Å². The summed E-state index contributed by atoms with van der Waals surface area (Å²) in [7, 11) is 0. The van der Waals surface area contributed by atoms with E-state index in [2.05, 4.69) is 32.6 Å². The van der Waals surface area contributed by atoms with Crippen LogP contribution in [0.5, 0.6) is 0 Å². The van der Waals surface area contributed by atoms with Crippen LogP contribution in [-0.4, -0.2) is 47.8 Å². The highest BCUT2D eigenvalue weighted by atomic mass is 16.6. The molecule has 2 saturated heterocycles. The molecular weight excluding hydrogens is 302 g/mol. The molecule has 4 heteroatoms. The SMILES string of the molecule is CCCCC(CC)C1OCC2(CO)COC(C(CC)CCCC)N12. The van der Waals surface area contributed by atoms with Gasteiger partial charge in [-0.05, 0) is 37.5 Å². The van der Waals surface area contributed by atoms with E-state index in [9.17, 15) is 5.11 Å². The third-order valence-corrected chi connectivity index (χ3v) is 6.15. The van der Waals surface area contributed by atoms with Crippen molar-refractivity contribution in [1.82, 2.24) is 4.90 Å². The lowest BCUT2D eigenvalue weighted by atomic mass is 9.91. The molecule has 142 valence electrons. The van der Waals surface area contributed by atoms with Gasteiger partial charge in [0.05, 0.1) is 25.4 Å². The maximum absolute atomic E-state index is 10.1. The number of hydrogen-bond acceptors (Lipinski definition) is 4. The average Bonchev–Trinajstić information content (AvgIpc) is 3.15. The highest BCUT2D eigenvalue weighted by molar-refractivity contribution is 5.04. The molecule has 4 nitrogen and oxygen atoms in total. The molecule has 2 aliphatic heterocycles. The molecule has 2 rings (SSSR count). The fraction of sp³-hybridized carbons (Fsp3) is 1.00. The summed E-state index contributed by atoms with van der Waals surface area (Å²) in [5.41, 5.74) is -0.311. The van der Waals surface area contributed by atoms with E-state index in [1.807, 2.05) is 0 Å². The summed E-state index contributed by atoms with van der Waals surface area (Å²) in [5.74, 6) is 1.07. The lowest BCUT2D eigenvalue weighted by molar-refractivity contribution is -0.111. The number of aliphatic hydroxyl groups is 1. The molecule has 0 aromatic heterocycles. The summed E-state index contributed by atoms with van der Waals surface area (Å²) in [5, 5.41) is 10.1. The van der Waals surface area contributed by atoms with Gasteiger partial charge >= 0.3 is 0 Å². The maximum Gasteiger partial charge on any atom is 0.116 e. The van der Waals surface area contributed by atoms with E-state index in [1.165, 1.54) is 38.5 Å². The summed E-state index contributed by atoms with van der Waals surface area (Å²) < 4.78 is 12.6. The Labute approximate surface area is 148 Å². The number of rotatable bonds is 11. The van der Waals surface area contributed by atoms with Gasteiger partial charge in [-0.15, -0.1) is 0 Å². The third-order valence-electron chi connectivity index (χ3n) is 6.15. The normalized spacial score (nSPS) is 32.9. The minimum Gasteiger partial charge on any atom is -0.394 e. The van der Waals surface area contributed by atoms with Crippen molar-refractivity contribution in [2.45, 2.75) is 97.1 Å². The van der Waals surface area contributed by atoms with Crippen LogP contribution in [0.2, 0.25) is 0 Å². The molecule has 0 aliphatic carbocycles. The average molecular weight is 342 g/mol. The van der Waals surface area contributed by atoms with Gasteiger partial charge in [-0.25, -0.2) is 4.90 Å². The second-order valence-electron chi connectivity index (χ2n) is 7.81. The van der Waals surface area contributed by atoms with Crippen molar-refractivity contribution in [3.8, 4) is 0 Å². The van der Waals surface area contributed by atoms with Crippen molar-refractivity contribution in [2.24, 2.45) is 11.8 Å². The van der Waals surface area contributed by atoms with Crippen LogP contribution in [-0.2, 0) is 9.47 Å². The first-order chi connectivity index (χ1) is 11.7. The van der Waals surface area contributed by atoms with Crippen molar-refractivity contribution >= 4 is 0 Å². The number of hydrogen-bond donors (Lipinski definition) is 1. The zero-order chi connectivity index (χ0) is 17.6. The summed E-state index contributed by atoms with van der Waals surface area (Å²) in [4.78, 5) is 2.45. The predicted molar refractivity (Wildman–Crippen MR) is 97.7 cm³/mol. The van der Waals surface area contributed by atoms with Crippen LogP contribution in [0.4, 0.5) is 0 Å². The van der Waals surface area contributed by atoms with Crippen molar-refractivity contribution in [3.05, 3.63) is 0 Å². The maximum atomic E-state index is 10.1. The quantitative estimate of drug-likeness (QED) is 0.612. The Bertz CT molecular complexity index is 335. The van der Waals surface area contributed by atoms with E-state index in [-0.39, 0.29) is 24.6 Å². The summed E-state index contributed by atoms with van der Waals surface area (Å²) in [6.07, 6.45) is 9.82. The minimum absolute atomic E-state index is 0.108. The van der Waals surface area contributed by atoms with Crippen LogP contribution in [0.3, 0.4) is 0 Å². The van der Waals surface area contributed by atoms with E-state index in [4.69, 9.17) is 9.47 Å². The van der Waals surface area contributed by atoms with Crippen LogP contribution in [0.1, 0.15) is 79.1 Å². The van der Waals surface area contributed by atoms with Gasteiger partial charge in [0.1, 0.15) is 12.5 Å². The lowest BCUT2D eigenvalue weighted by Gasteiger charge is -2.39. The number of ether oxygens (including phenoxy) is 2. The summed E-state index contributed by atoms with van der Waals surface area (Å²) in [6.45, 7) is 10.4. The van der Waals surface area contributed by atoms with Crippen molar-refractivity contribution in [3.63, 3.8) is 0 Å². The Kier molecular flexibility index (Phi) is 7.99. The third kappa shape index (κ3) is 3.98. The Morgan fingerprint density at radius 3 is 1.71 bits per heavy atom. The van der Waals surface area contributed by atoms with Gasteiger partial charge in [-0.3, -0.25) is 0 Å². The number of nitrogens with zero attached hydrogens (tertiary/aromatic N) is 1. The fourth-order valence-electron chi connectivity index (χ4n) is 4.45. The molecule has 2 fully saturated rings. The lowest BCUT2D eigenvalue weighted by Crippen LogP contribution is -2.54. The molecule has 1 N–H and O–H groups in total. The van der Waals surface area contributed by atoms with Gasteiger partial charge in [0.15, 0.2) is 0 Å². The Morgan fingerprint density at radius 1 is 0.917 bits per heavy atom. The van der Waals surface area contributed by atoms with Crippen molar-refractivity contribution in [1.29, 1.82) is 0 Å². The van der Waals surface area contributed by atoms with Crippen LogP contribution >= 0.6 is 0 Å². The first-order valence-electron chi connectivity index (χ1n) is 10.3. The van der Waals surface area contributed by atoms with Crippen LogP contribution < -0.4 is 0 Å². The number of unbranched alkanes of at least 4 members (excludes halogenated alkanes) is 2. The fourth-order valence-corrected chi connectivity index (χ4v) is 4.45. The van der Waals surface area contributed by atoms with Gasteiger partial charge in [-0.2, -0.15) is 0 Å². The molecule has 2 heterocycles. The molecule has 0 bridgehead atoms. The van der Waals surface area contributed by atoms with Gasteiger partial charge in [0, 0.05) is 0 Å². The predicted octanol–water partition coefficient (Wildman–Crippen LogP) is 4.16. The Morgan fingerprint density at radius 2 is 1.38 bits per heavy atom. The molecule has 24 heavy (non-hydrogen) atoms. The molecule has 4 unspecified atom stereocenters. The molecule has 0 spiro atoms. The molecule has 0 radical (unpaired) electrons.